The number of carbonyl (C=O) groups excluding carboxylic acids is 1. The second-order valence-corrected chi connectivity index (χ2v) is 8.33. The minimum absolute atomic E-state index is 0.0979. The number of H-pyrrole nitrogens is 1. The Hall–Kier alpha value is -2.92. The zero-order valence-corrected chi connectivity index (χ0v) is 17.5. The Morgan fingerprint density at radius 3 is 2.55 bits per heavy atom. The first-order valence-corrected chi connectivity index (χ1v) is 10.5. The molecule has 3 nitrogen and oxygen atoms in total. The first-order chi connectivity index (χ1) is 13.9. The summed E-state index contributed by atoms with van der Waals surface area (Å²) in [4.78, 5) is 16.9. The Bertz CT molecular complexity index is 1190. The number of benzene rings is 2. The van der Waals surface area contributed by atoms with Gasteiger partial charge in [-0.3, -0.25) is 4.79 Å². The molecule has 2 N–H and O–H groups in total. The summed E-state index contributed by atoms with van der Waals surface area (Å²) in [5.74, 6) is -0.343. The van der Waals surface area contributed by atoms with Crippen LogP contribution in [0.5, 0.6) is 0 Å². The summed E-state index contributed by atoms with van der Waals surface area (Å²) in [5, 5.41) is 6.03. The van der Waals surface area contributed by atoms with Gasteiger partial charge < -0.3 is 10.3 Å². The third-order valence-corrected chi connectivity index (χ3v) is 6.35. The molecule has 0 radical (unpaired) electrons. The Kier molecular flexibility index (Phi) is 5.24. The first kappa shape index (κ1) is 19.4. The average Bonchev–Trinajstić information content (AvgIpc) is 3.29. The Labute approximate surface area is 173 Å². The Morgan fingerprint density at radius 1 is 1.10 bits per heavy atom. The molecule has 0 aliphatic heterocycles. The summed E-state index contributed by atoms with van der Waals surface area (Å²) in [5.41, 5.74) is 6.58. The number of carbonyl (C=O) groups is 1. The number of aromatic amines is 1. The molecule has 2 heterocycles. The topological polar surface area (TPSA) is 44.9 Å². The molecular formula is C24H23FN2OS. The van der Waals surface area contributed by atoms with Crippen LogP contribution in [0.15, 0.2) is 47.8 Å². The van der Waals surface area contributed by atoms with E-state index >= 15 is 0 Å². The lowest BCUT2D eigenvalue weighted by Gasteiger charge is -2.07. The van der Waals surface area contributed by atoms with Gasteiger partial charge in [-0.2, -0.15) is 0 Å². The van der Waals surface area contributed by atoms with E-state index in [1.54, 1.807) is 17.4 Å². The van der Waals surface area contributed by atoms with Crippen LogP contribution in [0.4, 0.5) is 4.39 Å². The summed E-state index contributed by atoms with van der Waals surface area (Å²) in [7, 11) is 0. The molecule has 4 aromatic rings. The van der Waals surface area contributed by atoms with Gasteiger partial charge in [0.2, 0.25) is 0 Å². The minimum atomic E-state index is -0.245. The molecule has 2 aromatic carbocycles. The van der Waals surface area contributed by atoms with Crippen molar-refractivity contribution in [3.63, 3.8) is 0 Å². The molecule has 0 saturated carbocycles. The van der Waals surface area contributed by atoms with Gasteiger partial charge in [-0.15, -0.1) is 11.3 Å². The number of hydrogen-bond acceptors (Lipinski definition) is 2. The Balaban J connectivity index is 1.44. The largest absolute Gasteiger partial charge is 0.356 e. The van der Waals surface area contributed by atoms with Crippen LogP contribution >= 0.6 is 11.3 Å². The lowest BCUT2D eigenvalue weighted by molar-refractivity contribution is 0.0954. The van der Waals surface area contributed by atoms with E-state index in [0.29, 0.717) is 24.0 Å². The van der Waals surface area contributed by atoms with Gasteiger partial charge in [0.1, 0.15) is 5.82 Å². The van der Waals surface area contributed by atoms with Gasteiger partial charge in [-0.05, 0) is 79.1 Å². The zero-order valence-electron chi connectivity index (χ0n) is 16.7. The predicted octanol–water partition coefficient (Wildman–Crippen LogP) is 5.93. The molecule has 5 heteroatoms. The highest BCUT2D eigenvalue weighted by Gasteiger charge is 2.14. The first-order valence-electron chi connectivity index (χ1n) is 9.64. The molecule has 148 valence electrons. The lowest BCUT2D eigenvalue weighted by Crippen LogP contribution is -2.25. The molecule has 2 aromatic heterocycles. The van der Waals surface area contributed by atoms with Crippen molar-refractivity contribution >= 4 is 28.1 Å². The Morgan fingerprint density at radius 2 is 1.86 bits per heavy atom. The minimum Gasteiger partial charge on any atom is -0.356 e. The molecule has 0 unspecified atom stereocenters. The lowest BCUT2D eigenvalue weighted by atomic mass is 10.0. The third-order valence-electron chi connectivity index (χ3n) is 5.25. The number of aromatic nitrogens is 1. The number of rotatable bonds is 5. The van der Waals surface area contributed by atoms with Gasteiger partial charge in [-0.25, -0.2) is 4.39 Å². The standard InChI is InChI=1S/C24H23FN2OS/c1-14-12-21(29-13-14)17-5-7-18(8-6-17)24(28)26-11-10-19-16(3)27-23-20(25)9-4-15(2)22(19)23/h4-9,12-13,27H,10-11H2,1-3H3,(H,26,28). The second-order valence-electron chi connectivity index (χ2n) is 7.41. The molecular weight excluding hydrogens is 383 g/mol. The summed E-state index contributed by atoms with van der Waals surface area (Å²) in [6.45, 7) is 6.50. The number of thiophene rings is 1. The van der Waals surface area contributed by atoms with Gasteiger partial charge in [-0.1, -0.05) is 18.2 Å². The number of hydrogen-bond donors (Lipinski definition) is 2. The van der Waals surface area contributed by atoms with Gasteiger partial charge in [0.05, 0.1) is 5.52 Å². The maximum atomic E-state index is 14.1. The summed E-state index contributed by atoms with van der Waals surface area (Å²) >= 11 is 1.70. The van der Waals surface area contributed by atoms with Gasteiger partial charge >= 0.3 is 0 Å². The van der Waals surface area contributed by atoms with Crippen LogP contribution in [0.2, 0.25) is 0 Å². The van der Waals surface area contributed by atoms with Gasteiger partial charge in [0, 0.05) is 28.1 Å². The van der Waals surface area contributed by atoms with Crippen molar-refractivity contribution in [2.75, 3.05) is 6.54 Å². The summed E-state index contributed by atoms with van der Waals surface area (Å²) in [6, 6.07) is 13.1. The van der Waals surface area contributed by atoms with E-state index in [2.05, 4.69) is 28.7 Å². The number of amides is 1. The van der Waals surface area contributed by atoms with Crippen molar-refractivity contribution in [1.82, 2.24) is 10.3 Å². The van der Waals surface area contributed by atoms with Crippen molar-refractivity contribution in [1.29, 1.82) is 0 Å². The fraction of sp³-hybridized carbons (Fsp3) is 0.208. The van der Waals surface area contributed by atoms with E-state index in [9.17, 15) is 9.18 Å². The van der Waals surface area contributed by atoms with Gasteiger partial charge in [0.15, 0.2) is 0 Å². The molecule has 0 bridgehead atoms. The highest BCUT2D eigenvalue weighted by molar-refractivity contribution is 7.13. The fourth-order valence-electron chi connectivity index (χ4n) is 3.73. The summed E-state index contributed by atoms with van der Waals surface area (Å²) < 4.78 is 14.1. The van der Waals surface area contributed by atoms with Crippen LogP contribution in [0.3, 0.4) is 0 Å². The second kappa shape index (κ2) is 7.84. The maximum absolute atomic E-state index is 14.1. The highest BCUT2D eigenvalue weighted by Crippen LogP contribution is 2.28. The van der Waals surface area contributed by atoms with E-state index in [-0.39, 0.29) is 11.7 Å². The van der Waals surface area contributed by atoms with Crippen LogP contribution in [0.1, 0.15) is 32.7 Å². The quantitative estimate of drug-likeness (QED) is 0.424. The van der Waals surface area contributed by atoms with Crippen LogP contribution in [-0.4, -0.2) is 17.4 Å². The molecule has 0 saturated heterocycles. The van der Waals surface area contributed by atoms with Crippen molar-refractivity contribution < 1.29 is 9.18 Å². The highest BCUT2D eigenvalue weighted by atomic mass is 32.1. The van der Waals surface area contributed by atoms with Crippen molar-refractivity contribution in [2.45, 2.75) is 27.2 Å². The van der Waals surface area contributed by atoms with Crippen LogP contribution in [-0.2, 0) is 6.42 Å². The molecule has 0 aliphatic carbocycles. The van der Waals surface area contributed by atoms with Crippen molar-refractivity contribution in [2.24, 2.45) is 0 Å². The number of nitrogens with one attached hydrogen (secondary N) is 2. The zero-order chi connectivity index (χ0) is 20.5. The number of fused-ring (bicyclic) bond motifs is 1. The number of halogens is 1. The normalized spacial score (nSPS) is 11.2. The summed E-state index contributed by atoms with van der Waals surface area (Å²) in [6.07, 6.45) is 0.647. The molecule has 0 atom stereocenters. The predicted molar refractivity (Wildman–Crippen MR) is 118 cm³/mol. The maximum Gasteiger partial charge on any atom is 0.251 e. The van der Waals surface area contributed by atoms with Crippen LogP contribution in [0.25, 0.3) is 21.3 Å². The molecule has 4 rings (SSSR count). The van der Waals surface area contributed by atoms with Crippen molar-refractivity contribution in [3.05, 3.63) is 81.6 Å². The molecule has 0 aliphatic rings. The van der Waals surface area contributed by atoms with E-state index in [4.69, 9.17) is 0 Å². The average molecular weight is 407 g/mol. The van der Waals surface area contributed by atoms with Crippen LogP contribution < -0.4 is 5.32 Å². The van der Waals surface area contributed by atoms with E-state index in [0.717, 1.165) is 27.8 Å². The van der Waals surface area contributed by atoms with E-state index < -0.39 is 0 Å². The molecule has 0 spiro atoms. The number of aryl methyl sites for hydroxylation is 3. The molecule has 1 amide bonds. The van der Waals surface area contributed by atoms with E-state index in [1.165, 1.54) is 16.5 Å². The monoisotopic (exact) mass is 406 g/mol. The molecule has 0 fully saturated rings. The SMILES string of the molecule is Cc1csc(-c2ccc(C(=O)NCCc3c(C)[nH]c4c(F)ccc(C)c34)cc2)c1. The third kappa shape index (κ3) is 3.83. The van der Waals surface area contributed by atoms with Crippen molar-refractivity contribution in [3.8, 4) is 10.4 Å². The fourth-order valence-corrected chi connectivity index (χ4v) is 4.63. The smallest absolute Gasteiger partial charge is 0.251 e. The van der Waals surface area contributed by atoms with Gasteiger partial charge in [0.25, 0.3) is 5.91 Å². The van der Waals surface area contributed by atoms with Crippen LogP contribution in [0, 0.1) is 26.6 Å². The molecule has 29 heavy (non-hydrogen) atoms. The van der Waals surface area contributed by atoms with E-state index in [1.807, 2.05) is 38.1 Å².